The molecule has 0 fully saturated rings. The first-order valence-electron chi connectivity index (χ1n) is 8.88. The van der Waals surface area contributed by atoms with Gasteiger partial charge in [-0.3, -0.25) is 9.59 Å². The molecule has 0 unspecified atom stereocenters. The normalized spacial score (nSPS) is 17.1. The molecule has 1 N–H and O–H groups in total. The highest BCUT2D eigenvalue weighted by Crippen LogP contribution is 2.36. The summed E-state index contributed by atoms with van der Waals surface area (Å²) in [5.41, 5.74) is 1.11. The van der Waals surface area contributed by atoms with E-state index in [2.05, 4.69) is 11.4 Å². The van der Waals surface area contributed by atoms with Gasteiger partial charge in [0.15, 0.2) is 0 Å². The van der Waals surface area contributed by atoms with Crippen molar-refractivity contribution in [2.24, 2.45) is 0 Å². The summed E-state index contributed by atoms with van der Waals surface area (Å²) in [6, 6.07) is 8.10. The maximum absolute atomic E-state index is 13.2. The molecule has 27 heavy (non-hydrogen) atoms. The lowest BCUT2D eigenvalue weighted by Crippen LogP contribution is -2.43. The van der Waals surface area contributed by atoms with Crippen molar-refractivity contribution in [2.75, 3.05) is 5.75 Å². The largest absolute Gasteiger partial charge is 0.337 e. The summed E-state index contributed by atoms with van der Waals surface area (Å²) < 4.78 is 13.2. The van der Waals surface area contributed by atoms with Gasteiger partial charge < -0.3 is 10.2 Å². The summed E-state index contributed by atoms with van der Waals surface area (Å²) >= 11 is 1.17. The van der Waals surface area contributed by atoms with Crippen LogP contribution in [0.15, 0.2) is 34.9 Å². The van der Waals surface area contributed by atoms with E-state index in [1.54, 1.807) is 17.0 Å². The van der Waals surface area contributed by atoms with Crippen LogP contribution in [0.3, 0.4) is 0 Å². The first kappa shape index (κ1) is 21.0. The van der Waals surface area contributed by atoms with Crippen LogP contribution in [0.5, 0.6) is 0 Å². The number of hydrogen-bond acceptors (Lipinski definition) is 4. The van der Waals surface area contributed by atoms with Gasteiger partial charge in [-0.25, -0.2) is 4.39 Å². The zero-order chi connectivity index (χ0) is 20.1. The number of rotatable bonds is 6. The molecule has 2 amide bonds. The number of carbonyl (C=O) groups excluding carboxylic acids is 2. The number of amides is 2. The Balaban J connectivity index is 2.24. The van der Waals surface area contributed by atoms with Gasteiger partial charge in [0, 0.05) is 24.4 Å². The molecule has 1 aliphatic heterocycles. The molecule has 144 valence electrons. The van der Waals surface area contributed by atoms with Crippen LogP contribution in [0.25, 0.3) is 0 Å². The summed E-state index contributed by atoms with van der Waals surface area (Å²) in [6.07, 6.45) is 0.122. The van der Waals surface area contributed by atoms with Crippen LogP contribution in [-0.2, 0) is 9.59 Å². The lowest BCUT2D eigenvalue weighted by atomic mass is 9.87. The van der Waals surface area contributed by atoms with Crippen LogP contribution in [0.4, 0.5) is 4.39 Å². The number of nitriles is 1. The lowest BCUT2D eigenvalue weighted by Gasteiger charge is -2.31. The van der Waals surface area contributed by atoms with Crippen LogP contribution >= 0.6 is 11.8 Å². The third kappa shape index (κ3) is 5.10. The van der Waals surface area contributed by atoms with Gasteiger partial charge in [-0.05, 0) is 45.4 Å². The van der Waals surface area contributed by atoms with Crippen LogP contribution < -0.4 is 5.32 Å². The minimum absolute atomic E-state index is 0.0482. The van der Waals surface area contributed by atoms with Crippen molar-refractivity contribution in [1.82, 2.24) is 10.2 Å². The molecule has 0 radical (unpaired) electrons. The first-order chi connectivity index (χ1) is 12.7. The Bertz CT molecular complexity index is 773. The quantitative estimate of drug-likeness (QED) is 0.808. The molecule has 0 spiro atoms. The number of thioether (sulfide) groups is 1. The number of nitrogens with one attached hydrogen (secondary N) is 1. The minimum Gasteiger partial charge on any atom is -0.337 e. The van der Waals surface area contributed by atoms with Crippen LogP contribution in [0.1, 0.15) is 45.6 Å². The number of allylic oxidation sites excluding steroid dienone is 1. The van der Waals surface area contributed by atoms with Crippen molar-refractivity contribution in [3.8, 4) is 6.07 Å². The predicted molar refractivity (Wildman–Crippen MR) is 104 cm³/mol. The fourth-order valence-corrected chi connectivity index (χ4v) is 4.24. The number of benzene rings is 1. The number of hydrogen-bond donors (Lipinski definition) is 1. The third-order valence-electron chi connectivity index (χ3n) is 4.37. The molecule has 0 bridgehead atoms. The highest BCUT2D eigenvalue weighted by atomic mass is 32.2. The second kappa shape index (κ2) is 9.05. The van der Waals surface area contributed by atoms with Crippen LogP contribution in [0, 0.1) is 17.1 Å². The van der Waals surface area contributed by atoms with Gasteiger partial charge in [0.05, 0.1) is 22.4 Å². The maximum Gasteiger partial charge on any atom is 0.233 e. The van der Waals surface area contributed by atoms with Gasteiger partial charge in [-0.15, -0.1) is 0 Å². The van der Waals surface area contributed by atoms with Crippen molar-refractivity contribution in [2.45, 2.75) is 52.1 Å². The Morgan fingerprint density at radius 2 is 1.89 bits per heavy atom. The van der Waals surface area contributed by atoms with Gasteiger partial charge in [-0.2, -0.15) is 5.26 Å². The first-order valence-corrected chi connectivity index (χ1v) is 9.86. The van der Waals surface area contributed by atoms with Crippen LogP contribution in [0.2, 0.25) is 0 Å². The summed E-state index contributed by atoms with van der Waals surface area (Å²) in [4.78, 5) is 26.5. The molecule has 0 aliphatic carbocycles. The Hall–Kier alpha value is -2.33. The average molecular weight is 389 g/mol. The summed E-state index contributed by atoms with van der Waals surface area (Å²) in [7, 11) is 0. The monoisotopic (exact) mass is 389 g/mol. The molecule has 7 heteroatoms. The average Bonchev–Trinajstić information content (AvgIpc) is 2.59. The second-order valence-electron chi connectivity index (χ2n) is 6.99. The van der Waals surface area contributed by atoms with E-state index in [0.29, 0.717) is 16.2 Å². The Kier molecular flexibility index (Phi) is 7.03. The van der Waals surface area contributed by atoms with E-state index in [-0.39, 0.29) is 41.9 Å². The molecule has 5 nitrogen and oxygen atoms in total. The SMILES string of the molecule is CC(C)N(C(=O)CSC1=C(C#N)[C@H](c2ccc(F)cc2)CC(=O)N1)C(C)C. The molecular formula is C20H24FN3O2S. The predicted octanol–water partition coefficient (Wildman–Crippen LogP) is 3.54. The van der Waals surface area contributed by atoms with E-state index in [9.17, 15) is 19.2 Å². The molecule has 1 aromatic rings. The minimum atomic E-state index is -0.437. The molecule has 0 saturated heterocycles. The van der Waals surface area contributed by atoms with Gasteiger partial charge in [0.1, 0.15) is 5.82 Å². The van der Waals surface area contributed by atoms with Crippen LogP contribution in [-0.4, -0.2) is 34.6 Å². The van der Waals surface area contributed by atoms with Crippen molar-refractivity contribution >= 4 is 23.6 Å². The Morgan fingerprint density at radius 1 is 1.30 bits per heavy atom. The van der Waals surface area contributed by atoms with Gasteiger partial charge in [-0.1, -0.05) is 23.9 Å². The molecular weight excluding hydrogens is 365 g/mol. The Labute approximate surface area is 163 Å². The lowest BCUT2D eigenvalue weighted by molar-refractivity contribution is -0.131. The molecule has 0 aromatic heterocycles. The van der Waals surface area contributed by atoms with E-state index in [4.69, 9.17) is 0 Å². The van der Waals surface area contributed by atoms with Crippen molar-refractivity contribution < 1.29 is 14.0 Å². The van der Waals surface area contributed by atoms with E-state index in [0.717, 1.165) is 0 Å². The fourth-order valence-electron chi connectivity index (χ4n) is 3.29. The fraction of sp³-hybridized carbons (Fsp3) is 0.450. The topological polar surface area (TPSA) is 73.2 Å². The molecule has 1 heterocycles. The third-order valence-corrected chi connectivity index (χ3v) is 5.37. The molecule has 0 saturated carbocycles. The summed E-state index contributed by atoms with van der Waals surface area (Å²) in [5.74, 6) is -0.944. The van der Waals surface area contributed by atoms with E-state index in [1.165, 1.54) is 23.9 Å². The summed E-state index contributed by atoms with van der Waals surface area (Å²) in [6.45, 7) is 7.82. The number of nitrogens with zero attached hydrogens (tertiary/aromatic N) is 2. The molecule has 1 aromatic carbocycles. The van der Waals surface area contributed by atoms with Crippen molar-refractivity contribution in [3.05, 3.63) is 46.2 Å². The zero-order valence-electron chi connectivity index (χ0n) is 16.0. The second-order valence-corrected chi connectivity index (χ2v) is 7.97. The van der Waals surface area contributed by atoms with Crippen molar-refractivity contribution in [1.29, 1.82) is 5.26 Å². The maximum atomic E-state index is 13.2. The van der Waals surface area contributed by atoms with Gasteiger partial charge >= 0.3 is 0 Å². The highest BCUT2D eigenvalue weighted by molar-refractivity contribution is 8.03. The summed E-state index contributed by atoms with van der Waals surface area (Å²) in [5, 5.41) is 12.8. The zero-order valence-corrected chi connectivity index (χ0v) is 16.8. The highest BCUT2D eigenvalue weighted by Gasteiger charge is 2.30. The standard InChI is InChI=1S/C20H24FN3O2S/c1-12(2)24(13(3)4)19(26)11-27-20-17(10-22)16(9-18(25)23-20)14-5-7-15(21)8-6-14/h5-8,12-13,16H,9,11H2,1-4H3,(H,23,25)/t16-/m0/s1. The van der Waals surface area contributed by atoms with Gasteiger partial charge in [0.2, 0.25) is 11.8 Å². The number of carbonyl (C=O) groups is 2. The molecule has 1 atom stereocenters. The number of halogens is 1. The van der Waals surface area contributed by atoms with E-state index < -0.39 is 5.92 Å². The van der Waals surface area contributed by atoms with Crippen molar-refractivity contribution in [3.63, 3.8) is 0 Å². The smallest absolute Gasteiger partial charge is 0.233 e. The van der Waals surface area contributed by atoms with Gasteiger partial charge in [0.25, 0.3) is 0 Å². The molecule has 1 aliphatic rings. The van der Waals surface area contributed by atoms with E-state index in [1.807, 2.05) is 27.7 Å². The Morgan fingerprint density at radius 3 is 2.41 bits per heavy atom. The molecule has 2 rings (SSSR count). The van der Waals surface area contributed by atoms with E-state index >= 15 is 0 Å².